The molecule has 1 rings (SSSR count). The molecule has 0 aliphatic heterocycles. The minimum Gasteiger partial charge on any atom is -0.493 e. The van der Waals surface area contributed by atoms with Crippen LogP contribution in [-0.4, -0.2) is 13.2 Å². The highest BCUT2D eigenvalue weighted by molar-refractivity contribution is 5.35. The molecule has 18 heavy (non-hydrogen) atoms. The van der Waals surface area contributed by atoms with Crippen LogP contribution in [0.25, 0.3) is 0 Å². The molecule has 2 nitrogen and oxygen atoms in total. The van der Waals surface area contributed by atoms with Gasteiger partial charge in [-0.15, -0.1) is 6.58 Å². The summed E-state index contributed by atoms with van der Waals surface area (Å²) in [7, 11) is 0. The molecule has 1 unspecified atom stereocenters. The Morgan fingerprint density at radius 3 is 2.78 bits per heavy atom. The van der Waals surface area contributed by atoms with Crippen LogP contribution in [0.3, 0.4) is 0 Å². The molecule has 0 aliphatic rings. The van der Waals surface area contributed by atoms with E-state index < -0.39 is 0 Å². The van der Waals surface area contributed by atoms with Gasteiger partial charge in [-0.1, -0.05) is 30.7 Å². The lowest BCUT2D eigenvalue weighted by Gasteiger charge is -2.18. The third-order valence-corrected chi connectivity index (χ3v) is 2.87. The molecule has 0 aromatic heterocycles. The van der Waals surface area contributed by atoms with Crippen molar-refractivity contribution < 1.29 is 4.74 Å². The molecule has 0 amide bonds. The fourth-order valence-corrected chi connectivity index (χ4v) is 1.78. The molecule has 1 aromatic carbocycles. The normalized spacial score (nSPS) is 12.2. The van der Waals surface area contributed by atoms with Gasteiger partial charge in [0.15, 0.2) is 0 Å². The number of para-hydroxylation sites is 1. The lowest BCUT2D eigenvalue weighted by molar-refractivity contribution is 0.315. The monoisotopic (exact) mass is 247 g/mol. The van der Waals surface area contributed by atoms with Gasteiger partial charge < -0.3 is 10.1 Å². The maximum atomic E-state index is 5.85. The molecule has 1 atom stereocenters. The summed E-state index contributed by atoms with van der Waals surface area (Å²) in [5.74, 6) is 0.981. The van der Waals surface area contributed by atoms with Crippen molar-refractivity contribution in [3.05, 3.63) is 42.0 Å². The van der Waals surface area contributed by atoms with E-state index in [0.29, 0.717) is 12.6 Å². The molecule has 0 saturated heterocycles. The first-order valence-corrected chi connectivity index (χ1v) is 6.74. The minimum absolute atomic E-state index is 0.325. The second kappa shape index (κ2) is 7.93. The van der Waals surface area contributed by atoms with Gasteiger partial charge in [-0.25, -0.2) is 0 Å². The van der Waals surface area contributed by atoms with Gasteiger partial charge in [0, 0.05) is 18.0 Å². The summed E-state index contributed by atoms with van der Waals surface area (Å²) in [5.41, 5.74) is 2.39. The molecule has 0 saturated carbocycles. The third kappa shape index (κ3) is 4.92. The summed E-state index contributed by atoms with van der Waals surface area (Å²) in [6.45, 7) is 12.0. The van der Waals surface area contributed by atoms with Crippen molar-refractivity contribution in [3.63, 3.8) is 0 Å². The van der Waals surface area contributed by atoms with Crippen LogP contribution < -0.4 is 10.1 Å². The van der Waals surface area contributed by atoms with Gasteiger partial charge in [-0.3, -0.25) is 0 Å². The van der Waals surface area contributed by atoms with Gasteiger partial charge in [0.05, 0.1) is 6.61 Å². The van der Waals surface area contributed by atoms with E-state index >= 15 is 0 Å². The van der Waals surface area contributed by atoms with Gasteiger partial charge in [-0.2, -0.15) is 0 Å². The molecule has 0 radical (unpaired) electrons. The molecule has 0 aliphatic carbocycles. The summed E-state index contributed by atoms with van der Waals surface area (Å²) in [4.78, 5) is 0. The topological polar surface area (TPSA) is 21.3 Å². The minimum atomic E-state index is 0.325. The van der Waals surface area contributed by atoms with Gasteiger partial charge in [-0.05, 0) is 32.9 Å². The standard InChI is InChI=1S/C16H25NO/c1-5-11-17-14(4)15-8-6-7-9-16(15)18-12-10-13(2)3/h6-9,14,17H,2,5,10-12H2,1,3-4H3. The Bertz CT molecular complexity index is 373. The van der Waals surface area contributed by atoms with E-state index in [1.54, 1.807) is 0 Å². The summed E-state index contributed by atoms with van der Waals surface area (Å²) in [5, 5.41) is 3.49. The maximum absolute atomic E-state index is 5.85. The molecule has 2 heteroatoms. The van der Waals surface area contributed by atoms with Crippen LogP contribution in [-0.2, 0) is 0 Å². The number of hydrogen-bond donors (Lipinski definition) is 1. The average Bonchev–Trinajstić information content (AvgIpc) is 2.36. The van der Waals surface area contributed by atoms with Crippen LogP contribution in [0.1, 0.15) is 45.2 Å². The lowest BCUT2D eigenvalue weighted by Crippen LogP contribution is -2.20. The van der Waals surface area contributed by atoms with Crippen LogP contribution in [0.5, 0.6) is 5.75 Å². The van der Waals surface area contributed by atoms with Crippen LogP contribution in [0.15, 0.2) is 36.4 Å². The van der Waals surface area contributed by atoms with Crippen molar-refractivity contribution in [2.45, 2.75) is 39.7 Å². The molecule has 0 heterocycles. The van der Waals surface area contributed by atoms with Gasteiger partial charge >= 0.3 is 0 Å². The lowest BCUT2D eigenvalue weighted by atomic mass is 10.1. The predicted octanol–water partition coefficient (Wildman–Crippen LogP) is 4.09. The van der Waals surface area contributed by atoms with Gasteiger partial charge in [0.1, 0.15) is 5.75 Å². The average molecular weight is 247 g/mol. The van der Waals surface area contributed by atoms with E-state index in [1.807, 2.05) is 19.1 Å². The molecule has 0 bridgehead atoms. The quantitative estimate of drug-likeness (QED) is 0.699. The highest BCUT2D eigenvalue weighted by Gasteiger charge is 2.10. The number of hydrogen-bond acceptors (Lipinski definition) is 2. The largest absolute Gasteiger partial charge is 0.493 e. The Morgan fingerprint density at radius 2 is 2.11 bits per heavy atom. The Morgan fingerprint density at radius 1 is 1.39 bits per heavy atom. The fraction of sp³-hybridized carbons (Fsp3) is 0.500. The second-order valence-corrected chi connectivity index (χ2v) is 4.77. The highest BCUT2D eigenvalue weighted by Crippen LogP contribution is 2.25. The zero-order valence-electron chi connectivity index (χ0n) is 11.8. The van der Waals surface area contributed by atoms with Crippen molar-refractivity contribution in [3.8, 4) is 5.75 Å². The van der Waals surface area contributed by atoms with Crippen molar-refractivity contribution in [2.24, 2.45) is 0 Å². The van der Waals surface area contributed by atoms with Crippen molar-refractivity contribution in [1.29, 1.82) is 0 Å². The van der Waals surface area contributed by atoms with E-state index in [9.17, 15) is 0 Å². The highest BCUT2D eigenvalue weighted by atomic mass is 16.5. The smallest absolute Gasteiger partial charge is 0.124 e. The molecular weight excluding hydrogens is 222 g/mol. The second-order valence-electron chi connectivity index (χ2n) is 4.77. The first-order valence-electron chi connectivity index (χ1n) is 6.74. The maximum Gasteiger partial charge on any atom is 0.124 e. The Balaban J connectivity index is 2.63. The summed E-state index contributed by atoms with van der Waals surface area (Å²) >= 11 is 0. The van der Waals surface area contributed by atoms with E-state index in [-0.39, 0.29) is 0 Å². The molecule has 0 fully saturated rings. The fourth-order valence-electron chi connectivity index (χ4n) is 1.78. The Kier molecular flexibility index (Phi) is 6.51. The van der Waals surface area contributed by atoms with Crippen LogP contribution in [0, 0.1) is 0 Å². The summed E-state index contributed by atoms with van der Waals surface area (Å²) in [6.07, 6.45) is 2.05. The van der Waals surface area contributed by atoms with Crippen LogP contribution in [0.4, 0.5) is 0 Å². The summed E-state index contributed by atoms with van der Waals surface area (Å²) < 4.78 is 5.85. The molecule has 1 N–H and O–H groups in total. The Hall–Kier alpha value is -1.28. The molecule has 100 valence electrons. The predicted molar refractivity (Wildman–Crippen MR) is 78.1 cm³/mol. The number of nitrogens with one attached hydrogen (secondary N) is 1. The van der Waals surface area contributed by atoms with E-state index in [4.69, 9.17) is 4.74 Å². The van der Waals surface area contributed by atoms with E-state index in [0.717, 1.165) is 30.7 Å². The first-order chi connectivity index (χ1) is 8.65. The van der Waals surface area contributed by atoms with E-state index in [1.165, 1.54) is 5.56 Å². The molecule has 0 spiro atoms. The number of ether oxygens (including phenoxy) is 1. The van der Waals surface area contributed by atoms with Crippen LogP contribution >= 0.6 is 0 Å². The zero-order valence-corrected chi connectivity index (χ0v) is 11.8. The molecular formula is C16H25NO. The SMILES string of the molecule is C=C(C)CCOc1ccccc1C(C)NCCC. The molecule has 1 aromatic rings. The first kappa shape index (κ1) is 14.8. The van der Waals surface area contributed by atoms with E-state index in [2.05, 4.69) is 37.9 Å². The van der Waals surface area contributed by atoms with Crippen molar-refractivity contribution >= 4 is 0 Å². The van der Waals surface area contributed by atoms with Crippen LogP contribution in [0.2, 0.25) is 0 Å². The number of benzene rings is 1. The zero-order chi connectivity index (χ0) is 13.4. The third-order valence-electron chi connectivity index (χ3n) is 2.87. The van der Waals surface area contributed by atoms with Gasteiger partial charge in [0.2, 0.25) is 0 Å². The van der Waals surface area contributed by atoms with Gasteiger partial charge in [0.25, 0.3) is 0 Å². The van der Waals surface area contributed by atoms with Crippen molar-refractivity contribution in [1.82, 2.24) is 5.32 Å². The summed E-state index contributed by atoms with van der Waals surface area (Å²) in [6, 6.07) is 8.57. The van der Waals surface area contributed by atoms with Crippen molar-refractivity contribution in [2.75, 3.05) is 13.2 Å². The Labute approximate surface area is 111 Å². The number of rotatable bonds is 8.